The van der Waals surface area contributed by atoms with Gasteiger partial charge in [-0.2, -0.15) is 0 Å². The lowest BCUT2D eigenvalue weighted by Crippen LogP contribution is -2.62. The molecule has 1 N–H and O–H groups in total. The number of aliphatic carboxylic acids is 1. The first-order valence-electron chi connectivity index (χ1n) is 5.50. The Morgan fingerprint density at radius 1 is 1.56 bits per heavy atom. The van der Waals surface area contributed by atoms with Crippen molar-refractivity contribution in [3.05, 3.63) is 0 Å². The molecule has 1 rings (SSSR count). The molecule has 5 heteroatoms. The van der Waals surface area contributed by atoms with Gasteiger partial charge in [-0.25, -0.2) is 0 Å². The maximum Gasteiger partial charge on any atom is 0.324 e. The number of carboxylic acid groups (broad SMARTS) is 1. The van der Waals surface area contributed by atoms with Crippen LogP contribution in [0.25, 0.3) is 0 Å². The molecule has 2 unspecified atom stereocenters. The summed E-state index contributed by atoms with van der Waals surface area (Å²) in [5.74, 6) is -1.42. The smallest absolute Gasteiger partial charge is 0.324 e. The highest BCUT2D eigenvalue weighted by Gasteiger charge is 2.46. The van der Waals surface area contributed by atoms with Crippen LogP contribution in [0, 0.1) is 0 Å². The summed E-state index contributed by atoms with van der Waals surface area (Å²) in [5.41, 5.74) is -0.567. The van der Waals surface area contributed by atoms with Gasteiger partial charge in [0.05, 0.1) is 6.42 Å². The van der Waals surface area contributed by atoms with Gasteiger partial charge in [-0.15, -0.1) is 0 Å². The molecule has 1 fully saturated rings. The Bertz CT molecular complexity index is 300. The quantitative estimate of drug-likeness (QED) is 0.727. The Morgan fingerprint density at radius 3 is 2.56 bits per heavy atom. The SMILES string of the molecule is CCN1C(CC(=O)O)C(=O)OC(C)(C)C1C. The van der Waals surface area contributed by atoms with Gasteiger partial charge in [0, 0.05) is 6.04 Å². The molecule has 1 aliphatic heterocycles. The first-order chi connectivity index (χ1) is 7.29. The van der Waals surface area contributed by atoms with E-state index in [0.29, 0.717) is 6.54 Å². The lowest BCUT2D eigenvalue weighted by atomic mass is 9.93. The van der Waals surface area contributed by atoms with Crippen LogP contribution in [0.1, 0.15) is 34.1 Å². The minimum atomic E-state index is -0.979. The number of likely N-dealkylation sites (N-methyl/N-ethyl adjacent to an activating group) is 1. The molecule has 0 aromatic heterocycles. The fourth-order valence-corrected chi connectivity index (χ4v) is 2.08. The van der Waals surface area contributed by atoms with E-state index in [4.69, 9.17) is 9.84 Å². The minimum Gasteiger partial charge on any atom is -0.481 e. The van der Waals surface area contributed by atoms with Gasteiger partial charge in [-0.05, 0) is 27.3 Å². The van der Waals surface area contributed by atoms with E-state index < -0.39 is 23.6 Å². The van der Waals surface area contributed by atoms with E-state index in [0.717, 1.165) is 0 Å². The molecule has 0 amide bonds. The van der Waals surface area contributed by atoms with Crippen molar-refractivity contribution in [1.82, 2.24) is 4.90 Å². The number of ether oxygens (including phenoxy) is 1. The van der Waals surface area contributed by atoms with Crippen LogP contribution >= 0.6 is 0 Å². The zero-order valence-corrected chi connectivity index (χ0v) is 10.2. The molecule has 1 aliphatic rings. The fraction of sp³-hybridized carbons (Fsp3) is 0.818. The Morgan fingerprint density at radius 2 is 2.12 bits per heavy atom. The van der Waals surface area contributed by atoms with Crippen LogP contribution < -0.4 is 0 Å². The molecule has 0 aliphatic carbocycles. The number of esters is 1. The second-order valence-electron chi connectivity index (χ2n) is 4.64. The zero-order valence-electron chi connectivity index (χ0n) is 10.2. The van der Waals surface area contributed by atoms with E-state index in [1.807, 2.05) is 32.6 Å². The van der Waals surface area contributed by atoms with Crippen LogP contribution in [0.4, 0.5) is 0 Å². The van der Waals surface area contributed by atoms with Crippen molar-refractivity contribution in [3.8, 4) is 0 Å². The van der Waals surface area contributed by atoms with Gasteiger partial charge < -0.3 is 9.84 Å². The molecule has 0 radical (unpaired) electrons. The van der Waals surface area contributed by atoms with Gasteiger partial charge in [0.15, 0.2) is 0 Å². The van der Waals surface area contributed by atoms with Crippen molar-refractivity contribution in [2.75, 3.05) is 6.54 Å². The van der Waals surface area contributed by atoms with Crippen molar-refractivity contribution in [2.45, 2.75) is 51.8 Å². The van der Waals surface area contributed by atoms with E-state index in [2.05, 4.69) is 0 Å². The summed E-state index contributed by atoms with van der Waals surface area (Å²) in [4.78, 5) is 24.3. The van der Waals surface area contributed by atoms with Gasteiger partial charge in [-0.1, -0.05) is 6.92 Å². The lowest BCUT2D eigenvalue weighted by molar-refractivity contribution is -0.189. The third kappa shape index (κ3) is 2.35. The third-order valence-electron chi connectivity index (χ3n) is 3.27. The first kappa shape index (κ1) is 13.0. The lowest BCUT2D eigenvalue weighted by Gasteiger charge is -2.47. The molecule has 92 valence electrons. The van der Waals surface area contributed by atoms with E-state index in [1.165, 1.54) is 0 Å². The standard InChI is InChI=1S/C11H19NO4/c1-5-12-7(2)11(3,4)16-10(15)8(12)6-9(13)14/h7-8H,5-6H2,1-4H3,(H,13,14). The summed E-state index contributed by atoms with van der Waals surface area (Å²) in [6.07, 6.45) is -0.201. The zero-order chi connectivity index (χ0) is 12.5. The highest BCUT2D eigenvalue weighted by Crippen LogP contribution is 2.29. The predicted molar refractivity (Wildman–Crippen MR) is 58.1 cm³/mol. The second-order valence-corrected chi connectivity index (χ2v) is 4.64. The average molecular weight is 229 g/mol. The van der Waals surface area contributed by atoms with Crippen LogP contribution in [-0.2, 0) is 14.3 Å². The fourth-order valence-electron chi connectivity index (χ4n) is 2.08. The van der Waals surface area contributed by atoms with Gasteiger partial charge in [-0.3, -0.25) is 14.5 Å². The van der Waals surface area contributed by atoms with Gasteiger partial charge in [0.25, 0.3) is 0 Å². The molecule has 0 spiro atoms. The molecule has 0 bridgehead atoms. The maximum atomic E-state index is 11.7. The summed E-state index contributed by atoms with van der Waals surface area (Å²) in [6, 6.07) is -0.648. The van der Waals surface area contributed by atoms with Crippen LogP contribution in [0.5, 0.6) is 0 Å². The van der Waals surface area contributed by atoms with Crippen LogP contribution in [0.3, 0.4) is 0 Å². The molecule has 1 saturated heterocycles. The molecule has 0 aromatic rings. The van der Waals surface area contributed by atoms with Crippen LogP contribution in [0.2, 0.25) is 0 Å². The van der Waals surface area contributed by atoms with Gasteiger partial charge in [0.2, 0.25) is 0 Å². The highest BCUT2D eigenvalue weighted by molar-refractivity contribution is 5.83. The Hall–Kier alpha value is -1.10. The molecule has 1 heterocycles. The number of carbonyl (C=O) groups excluding carboxylic acids is 1. The Labute approximate surface area is 95.4 Å². The molecular weight excluding hydrogens is 210 g/mol. The molecule has 0 saturated carbocycles. The largest absolute Gasteiger partial charge is 0.481 e. The van der Waals surface area contributed by atoms with Crippen molar-refractivity contribution in [1.29, 1.82) is 0 Å². The van der Waals surface area contributed by atoms with Crippen LogP contribution in [0.15, 0.2) is 0 Å². The normalized spacial score (nSPS) is 29.9. The van der Waals surface area contributed by atoms with Crippen molar-refractivity contribution < 1.29 is 19.4 Å². The summed E-state index contributed by atoms with van der Waals surface area (Å²) in [6.45, 7) is 8.19. The molecule has 16 heavy (non-hydrogen) atoms. The summed E-state index contributed by atoms with van der Waals surface area (Å²) < 4.78 is 5.29. The van der Waals surface area contributed by atoms with Gasteiger partial charge >= 0.3 is 11.9 Å². The number of hydrogen-bond acceptors (Lipinski definition) is 4. The number of morpholine rings is 1. The van der Waals surface area contributed by atoms with E-state index in [1.54, 1.807) is 0 Å². The average Bonchev–Trinajstić information content (AvgIpc) is 2.14. The number of cyclic esters (lactones) is 1. The van der Waals surface area contributed by atoms with Crippen molar-refractivity contribution >= 4 is 11.9 Å². The number of carbonyl (C=O) groups is 2. The number of rotatable bonds is 3. The van der Waals surface area contributed by atoms with E-state index in [9.17, 15) is 9.59 Å². The van der Waals surface area contributed by atoms with E-state index in [-0.39, 0.29) is 12.5 Å². The predicted octanol–water partition coefficient (Wildman–Crippen LogP) is 0.875. The van der Waals surface area contributed by atoms with Gasteiger partial charge in [0.1, 0.15) is 11.6 Å². The molecule has 0 aromatic carbocycles. The maximum absolute atomic E-state index is 11.7. The van der Waals surface area contributed by atoms with Crippen molar-refractivity contribution in [2.24, 2.45) is 0 Å². The molecular formula is C11H19NO4. The van der Waals surface area contributed by atoms with Crippen LogP contribution in [-0.4, -0.2) is 46.2 Å². The topological polar surface area (TPSA) is 66.8 Å². The van der Waals surface area contributed by atoms with E-state index >= 15 is 0 Å². The number of hydrogen-bond donors (Lipinski definition) is 1. The molecule has 2 atom stereocenters. The second kappa shape index (κ2) is 4.41. The summed E-state index contributed by atoms with van der Waals surface area (Å²) in [7, 11) is 0. The Kier molecular flexibility index (Phi) is 3.57. The summed E-state index contributed by atoms with van der Waals surface area (Å²) >= 11 is 0. The highest BCUT2D eigenvalue weighted by atomic mass is 16.6. The Balaban J connectivity index is 2.92. The summed E-state index contributed by atoms with van der Waals surface area (Å²) in [5, 5.41) is 8.78. The first-order valence-corrected chi connectivity index (χ1v) is 5.50. The number of carboxylic acids is 1. The number of nitrogens with zero attached hydrogens (tertiary/aromatic N) is 1. The minimum absolute atomic E-state index is 0.0135. The van der Waals surface area contributed by atoms with Crippen molar-refractivity contribution in [3.63, 3.8) is 0 Å². The molecule has 5 nitrogen and oxygen atoms in total. The third-order valence-corrected chi connectivity index (χ3v) is 3.27. The monoisotopic (exact) mass is 229 g/mol.